The molecule has 5 nitrogen and oxygen atoms in total. The number of hydrogen-bond acceptors (Lipinski definition) is 4. The molecular weight excluding hydrogens is 450 g/mol. The highest BCUT2D eigenvalue weighted by molar-refractivity contribution is 9.10. The van der Waals surface area contributed by atoms with E-state index in [1.807, 2.05) is 43.3 Å². The lowest BCUT2D eigenvalue weighted by molar-refractivity contribution is -0.120. The molecule has 2 N–H and O–H groups in total. The van der Waals surface area contributed by atoms with Crippen LogP contribution in [0.15, 0.2) is 59.2 Å². The minimum absolute atomic E-state index is 0.143. The van der Waals surface area contributed by atoms with Crippen LogP contribution in [-0.4, -0.2) is 16.8 Å². The first kappa shape index (κ1) is 21.2. The lowest BCUT2D eigenvalue weighted by atomic mass is 10.0. The first-order chi connectivity index (χ1) is 13.9. The minimum atomic E-state index is -0.379. The molecule has 0 saturated heterocycles. The molecule has 1 atom stereocenters. The summed E-state index contributed by atoms with van der Waals surface area (Å²) >= 11 is 4.89. The third-order valence-corrected chi connectivity index (χ3v) is 5.78. The van der Waals surface area contributed by atoms with Gasteiger partial charge in [-0.3, -0.25) is 9.59 Å². The highest BCUT2D eigenvalue weighted by Gasteiger charge is 2.18. The van der Waals surface area contributed by atoms with Crippen LogP contribution >= 0.6 is 27.3 Å². The number of thiazole rings is 1. The molecule has 7 heteroatoms. The molecule has 150 valence electrons. The van der Waals surface area contributed by atoms with Gasteiger partial charge in [0, 0.05) is 28.9 Å². The standard InChI is InChI=1S/C22H22BrN3O2S/c1-14-3-7-17(8-4-14)20(25-15(2)27)12-21(28)26-22-24-13-19(29-22)11-16-5-9-18(23)10-6-16/h3-10,13,20H,11-12H2,1-2H3,(H,25,27)(H,24,26,28). The number of anilines is 1. The van der Waals surface area contributed by atoms with Crippen LogP contribution in [0.3, 0.4) is 0 Å². The fourth-order valence-corrected chi connectivity index (χ4v) is 4.03. The SMILES string of the molecule is CC(=O)NC(CC(=O)Nc1ncc(Cc2ccc(Br)cc2)s1)c1ccc(C)cc1. The Morgan fingerprint density at radius 1 is 1.10 bits per heavy atom. The van der Waals surface area contributed by atoms with Crippen LogP contribution in [0.2, 0.25) is 0 Å². The number of hydrogen-bond donors (Lipinski definition) is 2. The number of aromatic nitrogens is 1. The zero-order chi connectivity index (χ0) is 20.8. The lowest BCUT2D eigenvalue weighted by Crippen LogP contribution is -2.29. The van der Waals surface area contributed by atoms with E-state index in [-0.39, 0.29) is 24.3 Å². The Morgan fingerprint density at radius 2 is 1.79 bits per heavy atom. The average Bonchev–Trinajstić information content (AvgIpc) is 3.10. The summed E-state index contributed by atoms with van der Waals surface area (Å²) in [5, 5.41) is 6.27. The minimum Gasteiger partial charge on any atom is -0.349 e. The van der Waals surface area contributed by atoms with Gasteiger partial charge in [0.1, 0.15) is 0 Å². The lowest BCUT2D eigenvalue weighted by Gasteiger charge is -2.18. The van der Waals surface area contributed by atoms with Gasteiger partial charge in [-0.25, -0.2) is 4.98 Å². The van der Waals surface area contributed by atoms with Crippen molar-refractivity contribution >= 4 is 44.2 Å². The molecule has 0 fully saturated rings. The van der Waals surface area contributed by atoms with Crippen LogP contribution in [0.25, 0.3) is 0 Å². The zero-order valence-corrected chi connectivity index (χ0v) is 18.6. The smallest absolute Gasteiger partial charge is 0.228 e. The van der Waals surface area contributed by atoms with Crippen molar-refractivity contribution in [3.63, 3.8) is 0 Å². The first-order valence-electron chi connectivity index (χ1n) is 9.21. The molecule has 0 saturated carbocycles. The van der Waals surface area contributed by atoms with E-state index in [0.29, 0.717) is 5.13 Å². The summed E-state index contributed by atoms with van der Waals surface area (Å²) in [5.74, 6) is -0.358. The Labute approximate surface area is 182 Å². The highest BCUT2D eigenvalue weighted by atomic mass is 79.9. The van der Waals surface area contributed by atoms with Crippen molar-refractivity contribution in [1.29, 1.82) is 0 Å². The number of carbonyl (C=O) groups excluding carboxylic acids is 2. The van der Waals surface area contributed by atoms with Crippen LogP contribution < -0.4 is 10.6 Å². The Morgan fingerprint density at radius 3 is 2.45 bits per heavy atom. The first-order valence-corrected chi connectivity index (χ1v) is 10.8. The summed E-state index contributed by atoms with van der Waals surface area (Å²) < 4.78 is 1.04. The summed E-state index contributed by atoms with van der Waals surface area (Å²) in [5.41, 5.74) is 3.21. The van der Waals surface area contributed by atoms with Crippen molar-refractivity contribution in [3.8, 4) is 0 Å². The van der Waals surface area contributed by atoms with Crippen molar-refractivity contribution in [2.24, 2.45) is 0 Å². The molecule has 2 amide bonds. The topological polar surface area (TPSA) is 71.1 Å². The van der Waals surface area contributed by atoms with Crippen LogP contribution in [0.4, 0.5) is 5.13 Å². The van der Waals surface area contributed by atoms with Gasteiger partial charge in [-0.05, 0) is 30.2 Å². The van der Waals surface area contributed by atoms with Gasteiger partial charge in [-0.15, -0.1) is 11.3 Å². The third kappa shape index (κ3) is 6.51. The molecule has 29 heavy (non-hydrogen) atoms. The normalized spacial score (nSPS) is 11.7. The number of nitrogens with one attached hydrogen (secondary N) is 2. The van der Waals surface area contributed by atoms with Gasteiger partial charge in [0.2, 0.25) is 11.8 Å². The van der Waals surface area contributed by atoms with Gasteiger partial charge in [0.15, 0.2) is 5.13 Å². The summed E-state index contributed by atoms with van der Waals surface area (Å²) in [4.78, 5) is 29.5. The molecule has 0 aliphatic rings. The molecule has 2 aromatic carbocycles. The zero-order valence-electron chi connectivity index (χ0n) is 16.2. The fourth-order valence-electron chi connectivity index (χ4n) is 2.90. The molecule has 0 spiro atoms. The van der Waals surface area contributed by atoms with Crippen LogP contribution in [0.5, 0.6) is 0 Å². The van der Waals surface area contributed by atoms with E-state index < -0.39 is 0 Å². The highest BCUT2D eigenvalue weighted by Crippen LogP contribution is 2.24. The number of nitrogens with zero attached hydrogens (tertiary/aromatic N) is 1. The number of aryl methyl sites for hydroxylation is 1. The molecule has 0 bridgehead atoms. The van der Waals surface area contributed by atoms with Gasteiger partial charge in [-0.1, -0.05) is 57.9 Å². The fraction of sp³-hybridized carbons (Fsp3) is 0.227. The number of benzene rings is 2. The van der Waals surface area contributed by atoms with E-state index >= 15 is 0 Å². The molecule has 1 aromatic heterocycles. The Kier molecular flexibility index (Phi) is 7.17. The number of halogens is 1. The molecule has 3 aromatic rings. The van der Waals surface area contributed by atoms with Gasteiger partial charge in [0.05, 0.1) is 12.5 Å². The van der Waals surface area contributed by atoms with Gasteiger partial charge in [-0.2, -0.15) is 0 Å². The predicted octanol–water partition coefficient (Wildman–Crippen LogP) is 5.01. The molecule has 1 unspecified atom stereocenters. The second-order valence-corrected chi connectivity index (χ2v) is 8.88. The van der Waals surface area contributed by atoms with E-state index in [9.17, 15) is 9.59 Å². The summed E-state index contributed by atoms with van der Waals surface area (Å²) in [6.45, 7) is 3.45. The quantitative estimate of drug-likeness (QED) is 0.508. The van der Waals surface area contributed by atoms with Crippen molar-refractivity contribution in [2.75, 3.05) is 5.32 Å². The molecule has 3 rings (SSSR count). The van der Waals surface area contributed by atoms with Crippen molar-refractivity contribution in [2.45, 2.75) is 32.7 Å². The Hall–Kier alpha value is -2.51. The second-order valence-electron chi connectivity index (χ2n) is 6.85. The maximum Gasteiger partial charge on any atom is 0.228 e. The molecule has 1 heterocycles. The summed E-state index contributed by atoms with van der Waals surface area (Å²) in [7, 11) is 0. The summed E-state index contributed by atoms with van der Waals surface area (Å²) in [6, 6.07) is 15.6. The van der Waals surface area contributed by atoms with E-state index in [1.54, 1.807) is 6.20 Å². The number of amides is 2. The molecule has 0 radical (unpaired) electrons. The van der Waals surface area contributed by atoms with Crippen molar-refractivity contribution in [1.82, 2.24) is 10.3 Å². The van der Waals surface area contributed by atoms with E-state index in [4.69, 9.17) is 0 Å². The van der Waals surface area contributed by atoms with Crippen LogP contribution in [-0.2, 0) is 16.0 Å². The maximum absolute atomic E-state index is 12.5. The molecule has 0 aliphatic carbocycles. The van der Waals surface area contributed by atoms with Gasteiger partial charge >= 0.3 is 0 Å². The monoisotopic (exact) mass is 471 g/mol. The average molecular weight is 472 g/mol. The largest absolute Gasteiger partial charge is 0.349 e. The number of carbonyl (C=O) groups is 2. The summed E-state index contributed by atoms with van der Waals surface area (Å²) in [6.07, 6.45) is 2.69. The molecular formula is C22H22BrN3O2S. The Bertz CT molecular complexity index is 984. The van der Waals surface area contributed by atoms with Crippen LogP contribution in [0, 0.1) is 6.92 Å². The second kappa shape index (κ2) is 9.80. The van der Waals surface area contributed by atoms with Gasteiger partial charge < -0.3 is 10.6 Å². The van der Waals surface area contributed by atoms with E-state index in [0.717, 1.165) is 26.9 Å². The van der Waals surface area contributed by atoms with Crippen molar-refractivity contribution in [3.05, 3.63) is 80.8 Å². The Balaban J connectivity index is 1.62. The van der Waals surface area contributed by atoms with Crippen molar-refractivity contribution < 1.29 is 9.59 Å². The number of rotatable bonds is 7. The maximum atomic E-state index is 12.5. The molecule has 0 aliphatic heterocycles. The van der Waals surface area contributed by atoms with Crippen LogP contribution in [0.1, 0.15) is 41.0 Å². The van der Waals surface area contributed by atoms with Gasteiger partial charge in [0.25, 0.3) is 0 Å². The predicted molar refractivity (Wildman–Crippen MR) is 120 cm³/mol. The third-order valence-electron chi connectivity index (χ3n) is 4.34. The van der Waals surface area contributed by atoms with E-state index in [1.165, 1.54) is 23.8 Å². The van der Waals surface area contributed by atoms with E-state index in [2.05, 4.69) is 43.7 Å².